The van der Waals surface area contributed by atoms with E-state index in [0.717, 1.165) is 22.3 Å². The van der Waals surface area contributed by atoms with E-state index in [1.165, 1.54) is 11.8 Å². The Bertz CT molecular complexity index is 1110. The van der Waals surface area contributed by atoms with Crippen LogP contribution in [-0.4, -0.2) is 28.1 Å². The van der Waals surface area contributed by atoms with E-state index in [9.17, 15) is 4.79 Å². The molecule has 0 fully saturated rings. The number of imidazole rings is 1. The molecule has 0 saturated heterocycles. The van der Waals surface area contributed by atoms with Gasteiger partial charge in [-0.05, 0) is 24.6 Å². The van der Waals surface area contributed by atoms with Gasteiger partial charge in [0.15, 0.2) is 11.0 Å². The standard InChI is InChI=1S/C20H18N4O3S/c1-12-10-17(24-27-12)23-19(25)18(13-6-4-3-5-7-13)28-20-21-15-9-8-14(26-2)11-16(15)22-20/h3-11,18H,1-2H3,(H,21,22)(H,23,24,25)/t18-/m0/s1. The Labute approximate surface area is 165 Å². The Hall–Kier alpha value is -3.26. The first kappa shape index (κ1) is 18.1. The second-order valence-electron chi connectivity index (χ2n) is 6.15. The molecule has 2 aromatic carbocycles. The van der Waals surface area contributed by atoms with Crippen LogP contribution in [0.15, 0.2) is 64.3 Å². The molecule has 2 heterocycles. The van der Waals surface area contributed by atoms with Crippen LogP contribution in [0.3, 0.4) is 0 Å². The number of nitrogens with zero attached hydrogens (tertiary/aromatic N) is 2. The number of aromatic nitrogens is 3. The number of nitrogens with one attached hydrogen (secondary N) is 2. The molecule has 0 aliphatic heterocycles. The summed E-state index contributed by atoms with van der Waals surface area (Å²) in [5.41, 5.74) is 2.52. The topological polar surface area (TPSA) is 93.0 Å². The minimum atomic E-state index is -0.513. The van der Waals surface area contributed by atoms with Crippen LogP contribution in [0.5, 0.6) is 5.75 Å². The molecule has 1 atom stereocenters. The number of carbonyl (C=O) groups excluding carboxylic acids is 1. The van der Waals surface area contributed by atoms with Crippen molar-refractivity contribution in [2.24, 2.45) is 0 Å². The molecule has 2 N–H and O–H groups in total. The molecular weight excluding hydrogens is 376 g/mol. The van der Waals surface area contributed by atoms with E-state index < -0.39 is 5.25 Å². The largest absolute Gasteiger partial charge is 0.497 e. The number of anilines is 1. The van der Waals surface area contributed by atoms with Crippen LogP contribution in [0, 0.1) is 6.92 Å². The highest BCUT2D eigenvalue weighted by Crippen LogP contribution is 2.36. The van der Waals surface area contributed by atoms with Gasteiger partial charge in [0.25, 0.3) is 0 Å². The first-order valence-electron chi connectivity index (χ1n) is 8.62. The number of carbonyl (C=O) groups is 1. The fourth-order valence-corrected chi connectivity index (χ4v) is 3.78. The number of hydrogen-bond donors (Lipinski definition) is 2. The van der Waals surface area contributed by atoms with Crippen LogP contribution in [0.4, 0.5) is 5.82 Å². The van der Waals surface area contributed by atoms with Gasteiger partial charge in [-0.1, -0.05) is 47.3 Å². The normalized spacial score (nSPS) is 12.1. The van der Waals surface area contributed by atoms with Crippen LogP contribution in [0.1, 0.15) is 16.6 Å². The maximum Gasteiger partial charge on any atom is 0.243 e. The molecule has 4 rings (SSSR count). The highest BCUT2D eigenvalue weighted by molar-refractivity contribution is 8.00. The molecule has 28 heavy (non-hydrogen) atoms. The molecule has 0 radical (unpaired) electrons. The summed E-state index contributed by atoms with van der Waals surface area (Å²) in [5.74, 6) is 1.55. The molecule has 0 bridgehead atoms. The summed E-state index contributed by atoms with van der Waals surface area (Å²) in [6.07, 6.45) is 0. The monoisotopic (exact) mass is 394 g/mol. The molecule has 0 aliphatic carbocycles. The van der Waals surface area contributed by atoms with Gasteiger partial charge in [-0.25, -0.2) is 4.98 Å². The summed E-state index contributed by atoms with van der Waals surface area (Å²) < 4.78 is 10.3. The van der Waals surface area contributed by atoms with Crippen LogP contribution in [-0.2, 0) is 4.79 Å². The number of thioether (sulfide) groups is 1. The van der Waals surface area contributed by atoms with Crippen molar-refractivity contribution in [1.82, 2.24) is 15.1 Å². The van der Waals surface area contributed by atoms with E-state index in [1.54, 1.807) is 20.1 Å². The van der Waals surface area contributed by atoms with Crippen molar-refractivity contribution in [3.63, 3.8) is 0 Å². The Morgan fingerprint density at radius 2 is 2.04 bits per heavy atom. The van der Waals surface area contributed by atoms with Gasteiger partial charge in [0, 0.05) is 12.1 Å². The Morgan fingerprint density at radius 1 is 1.21 bits per heavy atom. The minimum Gasteiger partial charge on any atom is -0.497 e. The number of rotatable bonds is 6. The van der Waals surface area contributed by atoms with Gasteiger partial charge in [0.2, 0.25) is 5.91 Å². The number of hydrogen-bond acceptors (Lipinski definition) is 6. The van der Waals surface area contributed by atoms with Crippen molar-refractivity contribution >= 4 is 34.5 Å². The minimum absolute atomic E-state index is 0.206. The van der Waals surface area contributed by atoms with Crippen molar-refractivity contribution in [1.29, 1.82) is 0 Å². The lowest BCUT2D eigenvalue weighted by Gasteiger charge is -2.14. The predicted molar refractivity (Wildman–Crippen MR) is 108 cm³/mol. The lowest BCUT2D eigenvalue weighted by Crippen LogP contribution is -2.19. The zero-order valence-electron chi connectivity index (χ0n) is 15.3. The summed E-state index contributed by atoms with van der Waals surface area (Å²) >= 11 is 1.34. The Morgan fingerprint density at radius 3 is 2.75 bits per heavy atom. The van der Waals surface area contributed by atoms with Gasteiger partial charge < -0.3 is 19.6 Å². The van der Waals surface area contributed by atoms with E-state index in [2.05, 4.69) is 20.4 Å². The van der Waals surface area contributed by atoms with Gasteiger partial charge in [0.1, 0.15) is 16.8 Å². The fraction of sp³-hybridized carbons (Fsp3) is 0.150. The highest BCUT2D eigenvalue weighted by Gasteiger charge is 2.24. The third-order valence-corrected chi connectivity index (χ3v) is 5.26. The molecule has 2 aromatic heterocycles. The summed E-state index contributed by atoms with van der Waals surface area (Å²) in [6, 6.07) is 16.8. The van der Waals surface area contributed by atoms with Crippen LogP contribution >= 0.6 is 11.8 Å². The molecule has 8 heteroatoms. The van der Waals surface area contributed by atoms with Crippen LogP contribution in [0.2, 0.25) is 0 Å². The quantitative estimate of drug-likeness (QED) is 0.473. The Balaban J connectivity index is 1.63. The molecule has 0 unspecified atom stereocenters. The maximum absolute atomic E-state index is 13.0. The number of H-pyrrole nitrogens is 1. The van der Waals surface area contributed by atoms with Gasteiger partial charge in [-0.15, -0.1) is 0 Å². The van der Waals surface area contributed by atoms with Crippen molar-refractivity contribution in [3.05, 3.63) is 65.9 Å². The van der Waals surface area contributed by atoms with Crippen molar-refractivity contribution < 1.29 is 14.1 Å². The maximum atomic E-state index is 13.0. The van der Waals surface area contributed by atoms with E-state index in [0.29, 0.717) is 16.7 Å². The average molecular weight is 394 g/mol. The van der Waals surface area contributed by atoms with Gasteiger partial charge in [0.05, 0.1) is 18.1 Å². The van der Waals surface area contributed by atoms with Crippen LogP contribution in [0.25, 0.3) is 11.0 Å². The molecule has 0 spiro atoms. The predicted octanol–water partition coefficient (Wildman–Crippen LogP) is 4.34. The smallest absolute Gasteiger partial charge is 0.243 e. The number of amides is 1. The van der Waals surface area contributed by atoms with Crippen molar-refractivity contribution in [2.75, 3.05) is 12.4 Å². The molecule has 4 aromatic rings. The number of aryl methyl sites for hydroxylation is 1. The van der Waals surface area contributed by atoms with Gasteiger partial charge >= 0.3 is 0 Å². The number of ether oxygens (including phenoxy) is 1. The molecule has 1 amide bonds. The van der Waals surface area contributed by atoms with Gasteiger partial charge in [-0.3, -0.25) is 4.79 Å². The molecular formula is C20H18N4O3S. The van der Waals surface area contributed by atoms with Crippen molar-refractivity contribution in [2.45, 2.75) is 17.3 Å². The molecule has 0 saturated carbocycles. The molecule has 0 aliphatic rings. The molecule has 142 valence electrons. The lowest BCUT2D eigenvalue weighted by molar-refractivity contribution is -0.115. The van der Waals surface area contributed by atoms with E-state index in [4.69, 9.17) is 9.26 Å². The summed E-state index contributed by atoms with van der Waals surface area (Å²) in [4.78, 5) is 20.8. The van der Waals surface area contributed by atoms with Gasteiger partial charge in [-0.2, -0.15) is 0 Å². The second-order valence-corrected chi connectivity index (χ2v) is 7.24. The number of benzene rings is 2. The number of methoxy groups -OCH3 is 1. The van der Waals surface area contributed by atoms with Crippen LogP contribution < -0.4 is 10.1 Å². The van der Waals surface area contributed by atoms with E-state index in [-0.39, 0.29) is 5.91 Å². The van der Waals surface area contributed by atoms with E-state index in [1.807, 2.05) is 48.5 Å². The fourth-order valence-electron chi connectivity index (χ4n) is 2.78. The first-order chi connectivity index (χ1) is 13.6. The summed E-state index contributed by atoms with van der Waals surface area (Å²) in [6.45, 7) is 1.77. The van der Waals surface area contributed by atoms with Crippen molar-refractivity contribution in [3.8, 4) is 5.75 Å². The van der Waals surface area contributed by atoms with E-state index >= 15 is 0 Å². The summed E-state index contributed by atoms with van der Waals surface area (Å²) in [5, 5.41) is 6.78. The number of aromatic amines is 1. The lowest BCUT2D eigenvalue weighted by atomic mass is 10.1. The Kier molecular flexibility index (Phi) is 5.03. The molecule has 7 nitrogen and oxygen atoms in total. The zero-order valence-corrected chi connectivity index (χ0v) is 16.1. The summed E-state index contributed by atoms with van der Waals surface area (Å²) in [7, 11) is 1.62. The zero-order chi connectivity index (χ0) is 19.5. The first-order valence-corrected chi connectivity index (χ1v) is 9.50. The average Bonchev–Trinajstić information content (AvgIpc) is 3.31. The highest BCUT2D eigenvalue weighted by atomic mass is 32.2. The second kappa shape index (κ2) is 7.77. The third kappa shape index (κ3) is 3.86. The SMILES string of the molecule is COc1ccc2nc(S[C@H](C(=O)Nc3cc(C)on3)c3ccccc3)[nH]c2c1. The number of fused-ring (bicyclic) bond motifs is 1. The third-order valence-electron chi connectivity index (χ3n) is 4.12.